The molecule has 1 saturated carbocycles. The molecule has 2 rings (SSSR count). The zero-order chi connectivity index (χ0) is 17.4. The Bertz CT molecular complexity index is 407. The Hall–Kier alpha value is -1.10. The molecule has 2 N–H and O–H groups in total. The Kier molecular flexibility index (Phi) is 8.03. The molecule has 0 spiro atoms. The third kappa shape index (κ3) is 6.08. The summed E-state index contributed by atoms with van der Waals surface area (Å²) < 4.78 is 0. The minimum absolute atomic E-state index is 0.0410. The second-order valence-corrected chi connectivity index (χ2v) is 7.54. The average molecular weight is 338 g/mol. The maximum atomic E-state index is 12.1. The van der Waals surface area contributed by atoms with Crippen LogP contribution in [0.2, 0.25) is 0 Å². The summed E-state index contributed by atoms with van der Waals surface area (Å²) in [6.45, 7) is 6.97. The van der Waals surface area contributed by atoms with Crippen molar-refractivity contribution in [2.75, 3.05) is 19.6 Å². The fourth-order valence-corrected chi connectivity index (χ4v) is 4.11. The molecule has 1 saturated heterocycles. The van der Waals surface area contributed by atoms with Gasteiger partial charge in [-0.3, -0.25) is 14.5 Å². The van der Waals surface area contributed by atoms with Gasteiger partial charge >= 0.3 is 0 Å². The van der Waals surface area contributed by atoms with Gasteiger partial charge in [-0.05, 0) is 45.6 Å². The summed E-state index contributed by atoms with van der Waals surface area (Å²) in [4.78, 5) is 26.7. The van der Waals surface area contributed by atoms with E-state index in [-0.39, 0.29) is 23.8 Å². The molecule has 24 heavy (non-hydrogen) atoms. The molecule has 1 aliphatic carbocycles. The molecule has 0 bridgehead atoms. The van der Waals surface area contributed by atoms with Gasteiger partial charge < -0.3 is 10.6 Å². The van der Waals surface area contributed by atoms with Crippen molar-refractivity contribution in [2.24, 2.45) is 5.92 Å². The summed E-state index contributed by atoms with van der Waals surface area (Å²) in [6.07, 6.45) is 9.76. The first-order valence-electron chi connectivity index (χ1n) is 9.91. The van der Waals surface area contributed by atoms with Crippen LogP contribution in [-0.4, -0.2) is 48.4 Å². The molecular formula is C19H35N3O2. The molecule has 0 aromatic heterocycles. The molecule has 2 unspecified atom stereocenters. The molecule has 2 aliphatic rings. The SMILES string of the molecule is CCC1CCCCN1CCNC(=O)CC(C)NC(=O)C1CCCC1. The van der Waals surface area contributed by atoms with Crippen LogP contribution in [-0.2, 0) is 9.59 Å². The summed E-state index contributed by atoms with van der Waals surface area (Å²) >= 11 is 0. The van der Waals surface area contributed by atoms with E-state index in [1.165, 1.54) is 25.7 Å². The Balaban J connectivity index is 1.60. The normalized spacial score (nSPS) is 23.8. The van der Waals surface area contributed by atoms with E-state index in [1.807, 2.05) is 6.92 Å². The van der Waals surface area contributed by atoms with Gasteiger partial charge in [-0.2, -0.15) is 0 Å². The Labute approximate surface area is 146 Å². The number of likely N-dealkylation sites (tertiary alicyclic amines) is 1. The van der Waals surface area contributed by atoms with Crippen molar-refractivity contribution in [1.29, 1.82) is 0 Å². The molecule has 5 heteroatoms. The minimum atomic E-state index is -0.0866. The lowest BCUT2D eigenvalue weighted by Crippen LogP contribution is -2.44. The van der Waals surface area contributed by atoms with Crippen LogP contribution in [0.4, 0.5) is 0 Å². The predicted octanol–water partition coefficient (Wildman–Crippen LogP) is 2.45. The molecule has 0 radical (unpaired) electrons. The quantitative estimate of drug-likeness (QED) is 0.715. The number of nitrogens with zero attached hydrogens (tertiary/aromatic N) is 1. The van der Waals surface area contributed by atoms with Crippen LogP contribution in [0.15, 0.2) is 0 Å². The fraction of sp³-hybridized carbons (Fsp3) is 0.895. The summed E-state index contributed by atoms with van der Waals surface area (Å²) in [6, 6.07) is 0.594. The van der Waals surface area contributed by atoms with E-state index in [0.29, 0.717) is 19.0 Å². The maximum absolute atomic E-state index is 12.1. The van der Waals surface area contributed by atoms with Gasteiger partial charge in [0.05, 0.1) is 0 Å². The van der Waals surface area contributed by atoms with E-state index in [9.17, 15) is 9.59 Å². The summed E-state index contributed by atoms with van der Waals surface area (Å²) in [5.74, 6) is 0.340. The van der Waals surface area contributed by atoms with Crippen molar-refractivity contribution in [3.8, 4) is 0 Å². The highest BCUT2D eigenvalue weighted by Crippen LogP contribution is 2.24. The van der Waals surface area contributed by atoms with Gasteiger partial charge in [-0.1, -0.05) is 26.2 Å². The number of piperidine rings is 1. The largest absolute Gasteiger partial charge is 0.355 e. The smallest absolute Gasteiger partial charge is 0.223 e. The van der Waals surface area contributed by atoms with Gasteiger partial charge in [-0.15, -0.1) is 0 Å². The first kappa shape index (κ1) is 19.2. The number of hydrogen-bond donors (Lipinski definition) is 2. The monoisotopic (exact) mass is 337 g/mol. The van der Waals surface area contributed by atoms with Crippen molar-refractivity contribution in [1.82, 2.24) is 15.5 Å². The summed E-state index contributed by atoms with van der Waals surface area (Å²) in [7, 11) is 0. The van der Waals surface area contributed by atoms with Crippen LogP contribution in [0.3, 0.4) is 0 Å². The third-order valence-corrected chi connectivity index (χ3v) is 5.55. The van der Waals surface area contributed by atoms with Crippen molar-refractivity contribution in [3.05, 3.63) is 0 Å². The number of amides is 2. The molecule has 2 atom stereocenters. The Morgan fingerprint density at radius 3 is 2.54 bits per heavy atom. The van der Waals surface area contributed by atoms with E-state index in [1.54, 1.807) is 0 Å². The van der Waals surface area contributed by atoms with E-state index in [0.717, 1.165) is 38.8 Å². The standard InChI is InChI=1S/C19H35N3O2/c1-3-17-10-6-7-12-22(17)13-11-20-18(23)14-15(2)21-19(24)16-8-4-5-9-16/h15-17H,3-14H2,1-2H3,(H,20,23)(H,21,24). The van der Waals surface area contributed by atoms with E-state index in [4.69, 9.17) is 0 Å². The zero-order valence-corrected chi connectivity index (χ0v) is 15.5. The van der Waals surface area contributed by atoms with Crippen molar-refractivity contribution >= 4 is 11.8 Å². The van der Waals surface area contributed by atoms with Crippen LogP contribution >= 0.6 is 0 Å². The Morgan fingerprint density at radius 1 is 1.12 bits per heavy atom. The fourth-order valence-electron chi connectivity index (χ4n) is 4.11. The second-order valence-electron chi connectivity index (χ2n) is 7.54. The van der Waals surface area contributed by atoms with Gasteiger partial charge in [0, 0.05) is 37.5 Å². The molecule has 0 aromatic rings. The lowest BCUT2D eigenvalue weighted by Gasteiger charge is -2.35. The highest BCUT2D eigenvalue weighted by Gasteiger charge is 2.24. The molecule has 0 aromatic carbocycles. The summed E-state index contributed by atoms with van der Waals surface area (Å²) in [5.41, 5.74) is 0. The van der Waals surface area contributed by atoms with Gasteiger partial charge in [0.1, 0.15) is 0 Å². The number of rotatable bonds is 8. The van der Waals surface area contributed by atoms with Crippen molar-refractivity contribution in [2.45, 2.75) is 83.7 Å². The first-order chi connectivity index (χ1) is 11.6. The number of nitrogens with one attached hydrogen (secondary N) is 2. The van der Waals surface area contributed by atoms with Gasteiger partial charge in [-0.25, -0.2) is 0 Å². The van der Waals surface area contributed by atoms with E-state index in [2.05, 4.69) is 22.5 Å². The number of hydrogen-bond acceptors (Lipinski definition) is 3. The first-order valence-corrected chi connectivity index (χ1v) is 9.91. The predicted molar refractivity (Wildman–Crippen MR) is 96.7 cm³/mol. The van der Waals surface area contributed by atoms with E-state index < -0.39 is 0 Å². The lowest BCUT2D eigenvalue weighted by molar-refractivity contribution is -0.126. The average Bonchev–Trinajstić information content (AvgIpc) is 3.09. The molecule has 2 fully saturated rings. The lowest BCUT2D eigenvalue weighted by atomic mass is 10.0. The molecule has 1 aliphatic heterocycles. The highest BCUT2D eigenvalue weighted by molar-refractivity contribution is 5.81. The topological polar surface area (TPSA) is 61.4 Å². The number of carbonyl (C=O) groups is 2. The van der Waals surface area contributed by atoms with Crippen LogP contribution in [0.5, 0.6) is 0 Å². The van der Waals surface area contributed by atoms with Gasteiger partial charge in [0.15, 0.2) is 0 Å². The van der Waals surface area contributed by atoms with Crippen LogP contribution in [0.1, 0.15) is 71.6 Å². The Morgan fingerprint density at radius 2 is 1.83 bits per heavy atom. The molecule has 138 valence electrons. The highest BCUT2D eigenvalue weighted by atomic mass is 16.2. The zero-order valence-electron chi connectivity index (χ0n) is 15.5. The molecule has 2 amide bonds. The second kappa shape index (κ2) is 10.0. The maximum Gasteiger partial charge on any atom is 0.223 e. The van der Waals surface area contributed by atoms with Crippen molar-refractivity contribution < 1.29 is 9.59 Å². The van der Waals surface area contributed by atoms with Crippen LogP contribution < -0.4 is 10.6 Å². The van der Waals surface area contributed by atoms with Gasteiger partial charge in [0.25, 0.3) is 0 Å². The molecular weight excluding hydrogens is 302 g/mol. The molecule has 5 nitrogen and oxygen atoms in total. The van der Waals surface area contributed by atoms with Crippen LogP contribution in [0, 0.1) is 5.92 Å². The van der Waals surface area contributed by atoms with Crippen molar-refractivity contribution in [3.63, 3.8) is 0 Å². The summed E-state index contributed by atoms with van der Waals surface area (Å²) in [5, 5.41) is 6.01. The van der Waals surface area contributed by atoms with Gasteiger partial charge in [0.2, 0.25) is 11.8 Å². The molecule has 1 heterocycles. The number of carbonyl (C=O) groups excluding carboxylic acids is 2. The van der Waals surface area contributed by atoms with Crippen LogP contribution in [0.25, 0.3) is 0 Å². The third-order valence-electron chi connectivity index (χ3n) is 5.55. The van der Waals surface area contributed by atoms with E-state index >= 15 is 0 Å². The minimum Gasteiger partial charge on any atom is -0.355 e.